The van der Waals surface area contributed by atoms with Crippen molar-refractivity contribution in [1.29, 1.82) is 0 Å². The van der Waals surface area contributed by atoms with Gasteiger partial charge in [0, 0.05) is 11.4 Å². The van der Waals surface area contributed by atoms with Crippen LogP contribution in [0, 0.1) is 0 Å². The van der Waals surface area contributed by atoms with E-state index in [0.717, 1.165) is 18.5 Å². The third-order valence-corrected chi connectivity index (χ3v) is 4.13. The molecule has 3 rings (SSSR count). The highest BCUT2D eigenvalue weighted by Gasteiger charge is 2.33. The van der Waals surface area contributed by atoms with Crippen molar-refractivity contribution in [1.82, 2.24) is 20.4 Å². The number of hydrogen-bond donors (Lipinski definition) is 3. The van der Waals surface area contributed by atoms with E-state index in [-0.39, 0.29) is 23.3 Å². The first-order valence-corrected chi connectivity index (χ1v) is 9.28. The van der Waals surface area contributed by atoms with Crippen LogP contribution in [0.4, 0.5) is 29.3 Å². The number of hydroxylamine groups is 1. The predicted octanol–water partition coefficient (Wildman–Crippen LogP) is 4.27. The molecule has 0 bridgehead atoms. The fraction of sp³-hybridized carbons (Fsp3) is 0.105. The summed E-state index contributed by atoms with van der Waals surface area (Å²) in [5, 5.41) is 4.28. The van der Waals surface area contributed by atoms with Crippen LogP contribution in [0.1, 0.15) is 16.2 Å². The van der Waals surface area contributed by atoms with Crippen LogP contribution in [0.5, 0.6) is 11.8 Å². The molecule has 14 heteroatoms. The Morgan fingerprint density at radius 3 is 2.33 bits per heavy atom. The van der Waals surface area contributed by atoms with Gasteiger partial charge in [-0.25, -0.2) is 15.3 Å². The molecule has 3 aromatic rings. The van der Waals surface area contributed by atoms with Gasteiger partial charge in [0.2, 0.25) is 5.82 Å². The summed E-state index contributed by atoms with van der Waals surface area (Å²) < 4.78 is 44.3. The standard InChI is InChI=1S/C19H14ClF3N6O4/c1-32-29-16(30)15-24-9-25-18(28-15)33-12-5-2-10(3-6-12)26-17(31)27-11-4-7-14(20)13(8-11)19(21,22)23/h2-9H,1H3,(H,29,30)(H2,26,27,31). The van der Waals surface area contributed by atoms with E-state index in [1.54, 1.807) is 0 Å². The van der Waals surface area contributed by atoms with Crippen LogP contribution >= 0.6 is 11.6 Å². The largest absolute Gasteiger partial charge is 0.424 e. The Labute approximate surface area is 189 Å². The summed E-state index contributed by atoms with van der Waals surface area (Å²) in [7, 11) is 1.25. The van der Waals surface area contributed by atoms with E-state index >= 15 is 0 Å². The molecule has 10 nitrogen and oxygen atoms in total. The van der Waals surface area contributed by atoms with E-state index in [1.807, 2.05) is 0 Å². The van der Waals surface area contributed by atoms with Gasteiger partial charge in [-0.05, 0) is 42.5 Å². The van der Waals surface area contributed by atoms with Crippen molar-refractivity contribution in [2.75, 3.05) is 17.7 Å². The van der Waals surface area contributed by atoms with Crippen LogP contribution < -0.4 is 20.9 Å². The zero-order valence-corrected chi connectivity index (χ0v) is 17.4. The van der Waals surface area contributed by atoms with Crippen molar-refractivity contribution in [2.24, 2.45) is 0 Å². The van der Waals surface area contributed by atoms with Gasteiger partial charge in [-0.15, -0.1) is 0 Å². The number of benzene rings is 2. The minimum atomic E-state index is -4.66. The van der Waals surface area contributed by atoms with Crippen molar-refractivity contribution in [2.45, 2.75) is 6.18 Å². The molecule has 0 fully saturated rings. The number of carbonyl (C=O) groups excluding carboxylic acids is 2. The summed E-state index contributed by atoms with van der Waals surface area (Å²) in [5.41, 5.74) is 1.22. The third-order valence-electron chi connectivity index (χ3n) is 3.80. The van der Waals surface area contributed by atoms with E-state index in [2.05, 4.69) is 35.9 Å². The van der Waals surface area contributed by atoms with E-state index < -0.39 is 28.7 Å². The molecule has 0 spiro atoms. The number of aromatic nitrogens is 3. The molecule has 0 unspecified atom stereocenters. The van der Waals surface area contributed by atoms with Gasteiger partial charge in [-0.2, -0.15) is 23.1 Å². The van der Waals surface area contributed by atoms with Gasteiger partial charge in [0.25, 0.3) is 0 Å². The Hall–Kier alpha value is -3.97. The Kier molecular flexibility index (Phi) is 7.25. The average Bonchev–Trinajstić information content (AvgIpc) is 2.76. The number of halogens is 4. The lowest BCUT2D eigenvalue weighted by Gasteiger charge is -2.12. The van der Waals surface area contributed by atoms with Gasteiger partial charge in [0.1, 0.15) is 12.1 Å². The number of nitrogens with zero attached hydrogens (tertiary/aromatic N) is 3. The number of nitrogens with one attached hydrogen (secondary N) is 3. The number of amides is 3. The second kappa shape index (κ2) is 10.1. The van der Waals surface area contributed by atoms with Gasteiger partial charge in [0.15, 0.2) is 0 Å². The van der Waals surface area contributed by atoms with Gasteiger partial charge in [-0.3, -0.25) is 9.63 Å². The van der Waals surface area contributed by atoms with E-state index in [4.69, 9.17) is 16.3 Å². The monoisotopic (exact) mass is 482 g/mol. The number of anilines is 2. The first kappa shape index (κ1) is 23.7. The summed E-state index contributed by atoms with van der Waals surface area (Å²) in [6.07, 6.45) is -3.58. The summed E-state index contributed by atoms with van der Waals surface area (Å²) in [6, 6.07) is 7.96. The molecular formula is C19H14ClF3N6O4. The highest BCUT2D eigenvalue weighted by Crippen LogP contribution is 2.36. The second-order valence-electron chi connectivity index (χ2n) is 6.12. The Bertz CT molecular complexity index is 1160. The highest BCUT2D eigenvalue weighted by molar-refractivity contribution is 6.31. The molecule has 3 amide bonds. The second-order valence-corrected chi connectivity index (χ2v) is 6.53. The molecule has 1 heterocycles. The molecular weight excluding hydrogens is 469 g/mol. The SMILES string of the molecule is CONC(=O)c1ncnc(Oc2ccc(NC(=O)Nc3ccc(Cl)c(C(F)(F)F)c3)cc2)n1. The van der Waals surface area contributed by atoms with Crippen molar-refractivity contribution in [3.63, 3.8) is 0 Å². The van der Waals surface area contributed by atoms with Crippen LogP contribution in [0.3, 0.4) is 0 Å². The van der Waals surface area contributed by atoms with Crippen LogP contribution in [0.2, 0.25) is 5.02 Å². The van der Waals surface area contributed by atoms with Crippen molar-refractivity contribution < 1.29 is 32.3 Å². The number of urea groups is 1. The van der Waals surface area contributed by atoms with Crippen molar-refractivity contribution >= 4 is 34.9 Å². The molecule has 0 radical (unpaired) electrons. The van der Waals surface area contributed by atoms with Crippen molar-refractivity contribution in [3.05, 3.63) is 65.2 Å². The van der Waals surface area contributed by atoms with Crippen LogP contribution in [0.25, 0.3) is 0 Å². The highest BCUT2D eigenvalue weighted by atomic mass is 35.5. The minimum absolute atomic E-state index is 0.0904. The Balaban J connectivity index is 1.61. The number of alkyl halides is 3. The molecule has 3 N–H and O–H groups in total. The maximum Gasteiger partial charge on any atom is 0.417 e. The molecule has 0 aliphatic carbocycles. The lowest BCUT2D eigenvalue weighted by atomic mass is 10.2. The average molecular weight is 483 g/mol. The smallest absolute Gasteiger partial charge is 0.417 e. The summed E-state index contributed by atoms with van der Waals surface area (Å²) >= 11 is 5.56. The van der Waals surface area contributed by atoms with E-state index in [0.29, 0.717) is 5.69 Å². The quantitative estimate of drug-likeness (QED) is 0.448. The molecule has 33 heavy (non-hydrogen) atoms. The van der Waals surface area contributed by atoms with Gasteiger partial charge >= 0.3 is 24.1 Å². The topological polar surface area (TPSA) is 127 Å². The first-order chi connectivity index (χ1) is 15.7. The van der Waals surface area contributed by atoms with Crippen LogP contribution in [-0.2, 0) is 11.0 Å². The summed E-state index contributed by atoms with van der Waals surface area (Å²) in [6.45, 7) is 0. The lowest BCUT2D eigenvalue weighted by molar-refractivity contribution is -0.137. The molecule has 2 aromatic carbocycles. The first-order valence-electron chi connectivity index (χ1n) is 8.91. The van der Waals surface area contributed by atoms with E-state index in [1.165, 1.54) is 37.4 Å². The molecule has 1 aromatic heterocycles. The molecule has 172 valence electrons. The van der Waals surface area contributed by atoms with Crippen molar-refractivity contribution in [3.8, 4) is 11.8 Å². The van der Waals surface area contributed by atoms with Crippen LogP contribution in [-0.4, -0.2) is 34.0 Å². The van der Waals surface area contributed by atoms with Gasteiger partial charge in [0.05, 0.1) is 17.7 Å². The number of rotatable bonds is 6. The summed E-state index contributed by atoms with van der Waals surface area (Å²) in [5.74, 6) is -0.649. The molecule has 0 saturated carbocycles. The molecule has 0 saturated heterocycles. The molecule has 0 aliphatic heterocycles. The normalized spacial score (nSPS) is 10.9. The number of ether oxygens (including phenoxy) is 1. The number of carbonyl (C=O) groups is 2. The van der Waals surface area contributed by atoms with Crippen LogP contribution in [0.15, 0.2) is 48.8 Å². The third kappa shape index (κ3) is 6.51. The molecule has 0 aliphatic rings. The fourth-order valence-electron chi connectivity index (χ4n) is 2.40. The summed E-state index contributed by atoms with van der Waals surface area (Å²) in [4.78, 5) is 39.6. The number of hydrogen-bond acceptors (Lipinski definition) is 7. The zero-order chi connectivity index (χ0) is 24.0. The predicted molar refractivity (Wildman–Crippen MR) is 110 cm³/mol. The van der Waals surface area contributed by atoms with E-state index in [9.17, 15) is 22.8 Å². The lowest BCUT2D eigenvalue weighted by Crippen LogP contribution is -2.24. The Morgan fingerprint density at radius 1 is 1.00 bits per heavy atom. The maximum absolute atomic E-state index is 12.9. The van der Waals surface area contributed by atoms with Gasteiger partial charge < -0.3 is 15.4 Å². The van der Waals surface area contributed by atoms with Gasteiger partial charge in [-0.1, -0.05) is 11.6 Å². The fourth-order valence-corrected chi connectivity index (χ4v) is 2.63. The zero-order valence-electron chi connectivity index (χ0n) is 16.6. The maximum atomic E-state index is 12.9. The Morgan fingerprint density at radius 2 is 1.67 bits per heavy atom. The molecule has 0 atom stereocenters. The minimum Gasteiger partial charge on any atom is -0.424 e.